The van der Waals surface area contributed by atoms with Crippen LogP contribution in [0.3, 0.4) is 0 Å². The van der Waals surface area contributed by atoms with Gasteiger partial charge in [0, 0.05) is 16.4 Å². The molecule has 2 aliphatic rings. The summed E-state index contributed by atoms with van der Waals surface area (Å²) in [5, 5.41) is 13.6. The minimum absolute atomic E-state index is 0.0185. The number of carbonyl (C=O) groups excluding carboxylic acids is 2. The van der Waals surface area contributed by atoms with Gasteiger partial charge in [0.2, 0.25) is 11.8 Å². The fraction of sp³-hybridized carbons (Fsp3) is 0.400. The van der Waals surface area contributed by atoms with Gasteiger partial charge < -0.3 is 15.7 Å². The van der Waals surface area contributed by atoms with Gasteiger partial charge in [-0.05, 0) is 104 Å². The quantitative estimate of drug-likeness (QED) is 0.214. The smallest absolute Gasteiger partial charge is 0.475 e. The molecule has 1 heterocycles. The minimum Gasteiger partial charge on any atom is -0.475 e. The van der Waals surface area contributed by atoms with E-state index in [1.165, 1.54) is 30.7 Å². The average Bonchev–Trinajstić information content (AvgIpc) is 3.05. The number of carboxylic acid groups (broad SMARTS) is 1. The summed E-state index contributed by atoms with van der Waals surface area (Å²) in [5.41, 5.74) is 2.47. The van der Waals surface area contributed by atoms with E-state index in [0.29, 0.717) is 36.9 Å². The van der Waals surface area contributed by atoms with E-state index in [0.717, 1.165) is 36.0 Å². The van der Waals surface area contributed by atoms with Crippen LogP contribution in [0.4, 0.5) is 22.0 Å². The Morgan fingerprint density at radius 3 is 1.85 bits per heavy atom. The molecule has 7 nitrogen and oxygen atoms in total. The van der Waals surface area contributed by atoms with Gasteiger partial charge in [0.05, 0.1) is 12.6 Å². The predicted molar refractivity (Wildman–Crippen MR) is 173 cm³/mol. The molecular weight excluding hydrogens is 701 g/mol. The Bertz CT molecular complexity index is 1470. The van der Waals surface area contributed by atoms with Crippen molar-refractivity contribution in [3.05, 3.63) is 106 Å². The number of likely N-dealkylation sites (tertiary alicyclic amines) is 1. The molecule has 0 radical (unpaired) electrons. The third-order valence-corrected chi connectivity index (χ3v) is 9.13. The Hall–Kier alpha value is -3.84. The van der Waals surface area contributed by atoms with Crippen LogP contribution < -0.4 is 10.6 Å². The summed E-state index contributed by atoms with van der Waals surface area (Å²) in [4.78, 5) is 38.0. The van der Waals surface area contributed by atoms with Gasteiger partial charge in [-0.2, -0.15) is 13.2 Å². The molecule has 0 bridgehead atoms. The molecule has 3 aromatic carbocycles. The number of carboxylic acids is 1. The number of carbonyl (C=O) groups is 3. The third-order valence-electron chi connectivity index (χ3n) is 8.60. The summed E-state index contributed by atoms with van der Waals surface area (Å²) >= 11 is 3.51. The lowest BCUT2D eigenvalue weighted by Crippen LogP contribution is -2.47. The van der Waals surface area contributed by atoms with E-state index < -0.39 is 18.2 Å². The van der Waals surface area contributed by atoms with Crippen molar-refractivity contribution in [1.29, 1.82) is 0 Å². The van der Waals surface area contributed by atoms with Gasteiger partial charge in [-0.1, -0.05) is 58.7 Å². The molecule has 258 valence electrons. The maximum atomic E-state index is 14.0. The lowest BCUT2D eigenvalue weighted by atomic mass is 9.73. The molecule has 5 rings (SSSR count). The Balaban J connectivity index is 0.000000671. The van der Waals surface area contributed by atoms with Crippen molar-refractivity contribution in [2.45, 2.75) is 62.7 Å². The lowest BCUT2D eigenvalue weighted by Gasteiger charge is -2.37. The normalized spacial score (nSPS) is 19.9. The van der Waals surface area contributed by atoms with E-state index in [2.05, 4.69) is 31.5 Å². The summed E-state index contributed by atoms with van der Waals surface area (Å²) in [6.45, 7) is 2.34. The van der Waals surface area contributed by atoms with Crippen LogP contribution in [0.15, 0.2) is 77.3 Å². The van der Waals surface area contributed by atoms with Crippen molar-refractivity contribution in [1.82, 2.24) is 15.5 Å². The van der Waals surface area contributed by atoms with Gasteiger partial charge in [-0.3, -0.25) is 14.5 Å². The lowest BCUT2D eigenvalue weighted by molar-refractivity contribution is -0.192. The van der Waals surface area contributed by atoms with Crippen molar-refractivity contribution in [3.8, 4) is 0 Å². The molecule has 3 atom stereocenters. The van der Waals surface area contributed by atoms with E-state index in [-0.39, 0.29) is 41.3 Å². The summed E-state index contributed by atoms with van der Waals surface area (Å²) in [6.07, 6.45) is 0.382. The molecule has 0 spiro atoms. The molecule has 1 saturated heterocycles. The second kappa shape index (κ2) is 17.0. The van der Waals surface area contributed by atoms with E-state index in [4.69, 9.17) is 9.90 Å². The van der Waals surface area contributed by atoms with Crippen LogP contribution in [-0.2, 0) is 14.4 Å². The van der Waals surface area contributed by atoms with Crippen molar-refractivity contribution < 1.29 is 41.4 Å². The monoisotopic (exact) mass is 737 g/mol. The number of nitrogens with zero attached hydrogens (tertiary/aromatic N) is 1. The van der Waals surface area contributed by atoms with Crippen LogP contribution in [0.2, 0.25) is 0 Å². The molecule has 2 amide bonds. The van der Waals surface area contributed by atoms with E-state index >= 15 is 0 Å². The number of hydrogen-bond donors (Lipinski definition) is 3. The Labute approximate surface area is 284 Å². The molecular formula is C35H37BrF5N3O4. The van der Waals surface area contributed by atoms with E-state index in [1.807, 2.05) is 24.3 Å². The number of nitrogens with one attached hydrogen (secondary N) is 2. The highest BCUT2D eigenvalue weighted by molar-refractivity contribution is 9.10. The molecule has 1 aliphatic carbocycles. The number of aliphatic carboxylic acids is 1. The summed E-state index contributed by atoms with van der Waals surface area (Å²) in [5.74, 6) is -3.99. The Morgan fingerprint density at radius 2 is 1.35 bits per heavy atom. The SMILES string of the molecule is O=C(CN1CCCCC1)N[C@@H]1CC[C@@H](C(=O)NC(c2ccc(F)cc2)c2ccc(F)cc2)[C@H](c2ccc(Br)cc2)C1.O=C(O)C(F)(F)F. The number of alkyl halides is 3. The van der Waals surface area contributed by atoms with Gasteiger partial charge >= 0.3 is 12.1 Å². The number of hydrogen-bond acceptors (Lipinski definition) is 4. The van der Waals surface area contributed by atoms with E-state index in [1.54, 1.807) is 24.3 Å². The Morgan fingerprint density at radius 1 is 0.833 bits per heavy atom. The molecule has 1 saturated carbocycles. The molecule has 0 aromatic heterocycles. The van der Waals surface area contributed by atoms with Crippen molar-refractivity contribution in [2.24, 2.45) is 5.92 Å². The molecule has 3 aromatic rings. The largest absolute Gasteiger partial charge is 0.490 e. The fourth-order valence-electron chi connectivity index (χ4n) is 6.21. The fourth-order valence-corrected chi connectivity index (χ4v) is 6.47. The predicted octanol–water partition coefficient (Wildman–Crippen LogP) is 7.12. The van der Waals surface area contributed by atoms with Crippen LogP contribution in [0.25, 0.3) is 0 Å². The zero-order chi connectivity index (χ0) is 34.8. The minimum atomic E-state index is -5.08. The number of amides is 2. The molecule has 0 unspecified atom stereocenters. The van der Waals surface area contributed by atoms with Crippen LogP contribution >= 0.6 is 15.9 Å². The second-order valence-corrected chi connectivity index (χ2v) is 12.9. The standard InChI is InChI=1S/C33H36BrF2N3O2.C2HF3O2/c34-25-10-4-22(5-11-25)30-20-28(37-31(40)21-39-18-2-1-3-19-39)16-17-29(30)33(41)38-32(23-6-12-26(35)13-7-23)24-8-14-27(36)15-9-24;3-2(4,5)1(6)7/h4-15,28-30,32H,1-3,16-21H2,(H,37,40)(H,38,41);(H,6,7)/t28-,29-,30+;/m1./s1. The first-order valence-electron chi connectivity index (χ1n) is 15.7. The summed E-state index contributed by atoms with van der Waals surface area (Å²) < 4.78 is 60.1. The highest BCUT2D eigenvalue weighted by Gasteiger charge is 2.39. The summed E-state index contributed by atoms with van der Waals surface area (Å²) in [7, 11) is 0. The average molecular weight is 739 g/mol. The van der Waals surface area contributed by atoms with E-state index in [9.17, 15) is 31.5 Å². The molecule has 1 aliphatic heterocycles. The number of benzene rings is 3. The first-order valence-corrected chi connectivity index (χ1v) is 16.5. The van der Waals surface area contributed by atoms with Crippen LogP contribution in [0.1, 0.15) is 67.2 Å². The van der Waals surface area contributed by atoms with Gasteiger partial charge in [-0.25, -0.2) is 13.6 Å². The number of halogens is 6. The van der Waals surface area contributed by atoms with Crippen molar-refractivity contribution in [2.75, 3.05) is 19.6 Å². The van der Waals surface area contributed by atoms with Gasteiger partial charge in [0.1, 0.15) is 11.6 Å². The zero-order valence-electron chi connectivity index (χ0n) is 26.0. The Kier molecular flexibility index (Phi) is 13.1. The third kappa shape index (κ3) is 10.8. The molecule has 3 N–H and O–H groups in total. The van der Waals surface area contributed by atoms with Crippen LogP contribution in [-0.4, -0.2) is 59.6 Å². The maximum Gasteiger partial charge on any atom is 0.490 e. The second-order valence-electron chi connectivity index (χ2n) is 12.0. The summed E-state index contributed by atoms with van der Waals surface area (Å²) in [6, 6.07) is 19.5. The van der Waals surface area contributed by atoms with Gasteiger partial charge in [0.25, 0.3) is 0 Å². The number of piperidine rings is 1. The maximum absolute atomic E-state index is 14.0. The topological polar surface area (TPSA) is 98.7 Å². The first kappa shape index (κ1) is 37.0. The van der Waals surface area contributed by atoms with Gasteiger partial charge in [0.15, 0.2) is 0 Å². The van der Waals surface area contributed by atoms with Crippen LogP contribution in [0, 0.1) is 17.6 Å². The molecule has 48 heavy (non-hydrogen) atoms. The van der Waals surface area contributed by atoms with Crippen LogP contribution in [0.5, 0.6) is 0 Å². The molecule has 13 heteroatoms. The highest BCUT2D eigenvalue weighted by Crippen LogP contribution is 2.39. The molecule has 2 fully saturated rings. The zero-order valence-corrected chi connectivity index (χ0v) is 27.6. The first-order chi connectivity index (χ1) is 22.8. The number of rotatable bonds is 8. The van der Waals surface area contributed by atoms with Crippen molar-refractivity contribution >= 4 is 33.7 Å². The van der Waals surface area contributed by atoms with Crippen molar-refractivity contribution in [3.63, 3.8) is 0 Å². The highest BCUT2D eigenvalue weighted by atomic mass is 79.9. The van der Waals surface area contributed by atoms with Gasteiger partial charge in [-0.15, -0.1) is 0 Å².